The van der Waals surface area contributed by atoms with Crippen molar-refractivity contribution in [2.75, 3.05) is 7.05 Å². The van der Waals surface area contributed by atoms with Crippen molar-refractivity contribution in [3.63, 3.8) is 0 Å². The average Bonchev–Trinajstić information content (AvgIpc) is 3.18. The summed E-state index contributed by atoms with van der Waals surface area (Å²) in [7, 11) is 1.57. The Morgan fingerprint density at radius 2 is 2.12 bits per heavy atom. The standard InChI is InChI=1S/C17H14ClN3O3S/c1-19-16(23)12-5-2-11(3-6-12)4-7-14(22)24-10-13-15(18)20-17-21(13)8-9-25-17/h2-9H,10H2,1H3,(H,19,23)/b7-4+. The maximum Gasteiger partial charge on any atom is 0.331 e. The van der Waals surface area contributed by atoms with Gasteiger partial charge in [0.25, 0.3) is 5.91 Å². The number of amides is 1. The van der Waals surface area contributed by atoms with Gasteiger partial charge in [-0.1, -0.05) is 23.7 Å². The van der Waals surface area contributed by atoms with Crippen LogP contribution in [0.25, 0.3) is 11.0 Å². The van der Waals surface area contributed by atoms with Gasteiger partial charge >= 0.3 is 5.97 Å². The number of ether oxygens (including phenoxy) is 1. The Hall–Kier alpha value is -2.64. The largest absolute Gasteiger partial charge is 0.456 e. The molecule has 0 aliphatic rings. The smallest absolute Gasteiger partial charge is 0.331 e. The predicted molar refractivity (Wildman–Crippen MR) is 96.7 cm³/mol. The van der Waals surface area contributed by atoms with E-state index in [0.29, 0.717) is 16.4 Å². The van der Waals surface area contributed by atoms with Gasteiger partial charge in [0.05, 0.1) is 5.69 Å². The molecule has 3 aromatic rings. The Labute approximate surface area is 152 Å². The Kier molecular flexibility index (Phi) is 5.16. The first-order chi connectivity index (χ1) is 12.1. The van der Waals surface area contributed by atoms with Gasteiger partial charge < -0.3 is 10.1 Å². The third kappa shape index (κ3) is 3.89. The van der Waals surface area contributed by atoms with Crippen molar-refractivity contribution in [2.24, 2.45) is 0 Å². The number of halogens is 1. The number of thiazole rings is 1. The van der Waals surface area contributed by atoms with Crippen LogP contribution in [0.4, 0.5) is 0 Å². The average molecular weight is 376 g/mol. The molecule has 0 saturated carbocycles. The molecule has 0 atom stereocenters. The fraction of sp³-hybridized carbons (Fsp3) is 0.118. The summed E-state index contributed by atoms with van der Waals surface area (Å²) in [6.07, 6.45) is 4.77. The predicted octanol–water partition coefficient (Wildman–Crippen LogP) is 3.17. The van der Waals surface area contributed by atoms with Crippen LogP contribution in [0.1, 0.15) is 21.6 Å². The molecule has 0 radical (unpaired) electrons. The summed E-state index contributed by atoms with van der Waals surface area (Å²) in [5.74, 6) is -0.649. The first kappa shape index (κ1) is 17.2. The number of nitrogens with zero attached hydrogens (tertiary/aromatic N) is 2. The van der Waals surface area contributed by atoms with Gasteiger partial charge in [0.2, 0.25) is 0 Å². The summed E-state index contributed by atoms with van der Waals surface area (Å²) >= 11 is 7.50. The minimum atomic E-state index is -0.489. The van der Waals surface area contributed by atoms with E-state index >= 15 is 0 Å². The summed E-state index contributed by atoms with van der Waals surface area (Å²) in [6, 6.07) is 6.86. The highest BCUT2D eigenvalue weighted by Crippen LogP contribution is 2.22. The zero-order valence-electron chi connectivity index (χ0n) is 13.2. The van der Waals surface area contributed by atoms with Crippen LogP contribution in [0.3, 0.4) is 0 Å². The van der Waals surface area contributed by atoms with E-state index in [1.54, 1.807) is 41.8 Å². The molecular formula is C17H14ClN3O3S. The Morgan fingerprint density at radius 3 is 2.84 bits per heavy atom. The fourth-order valence-corrected chi connectivity index (χ4v) is 3.19. The maximum atomic E-state index is 11.9. The number of fused-ring (bicyclic) bond motifs is 1. The number of esters is 1. The highest BCUT2D eigenvalue weighted by Gasteiger charge is 2.12. The van der Waals surface area contributed by atoms with Crippen molar-refractivity contribution in [3.05, 3.63) is 63.9 Å². The first-order valence-corrected chi connectivity index (χ1v) is 8.61. The number of nitrogens with one attached hydrogen (secondary N) is 1. The number of rotatable bonds is 5. The van der Waals surface area contributed by atoms with Crippen molar-refractivity contribution >= 4 is 45.9 Å². The second kappa shape index (κ2) is 7.50. The summed E-state index contributed by atoms with van der Waals surface area (Å²) in [5, 5.41) is 4.76. The lowest BCUT2D eigenvalue weighted by molar-refractivity contribution is -0.139. The molecule has 6 nitrogen and oxygen atoms in total. The van der Waals surface area contributed by atoms with Crippen LogP contribution in [-0.4, -0.2) is 28.3 Å². The van der Waals surface area contributed by atoms with Gasteiger partial charge in [0, 0.05) is 30.3 Å². The summed E-state index contributed by atoms with van der Waals surface area (Å²) < 4.78 is 7.01. The highest BCUT2D eigenvalue weighted by molar-refractivity contribution is 7.15. The normalized spacial score (nSPS) is 11.1. The van der Waals surface area contributed by atoms with E-state index in [4.69, 9.17) is 16.3 Å². The monoisotopic (exact) mass is 375 g/mol. The van der Waals surface area contributed by atoms with Crippen molar-refractivity contribution < 1.29 is 14.3 Å². The number of hydrogen-bond acceptors (Lipinski definition) is 5. The van der Waals surface area contributed by atoms with Gasteiger partial charge in [-0.05, 0) is 23.8 Å². The van der Waals surface area contributed by atoms with E-state index in [1.807, 2.05) is 11.6 Å². The Morgan fingerprint density at radius 1 is 1.36 bits per heavy atom. The third-order valence-electron chi connectivity index (χ3n) is 3.48. The Balaban J connectivity index is 1.60. The molecule has 0 unspecified atom stereocenters. The van der Waals surface area contributed by atoms with Crippen LogP contribution < -0.4 is 5.32 Å². The molecule has 25 heavy (non-hydrogen) atoms. The molecule has 0 aliphatic heterocycles. The summed E-state index contributed by atoms with van der Waals surface area (Å²) in [5.41, 5.74) is 1.97. The lowest BCUT2D eigenvalue weighted by atomic mass is 10.1. The van der Waals surface area contributed by atoms with E-state index in [0.717, 1.165) is 10.5 Å². The Bertz CT molecular complexity index is 944. The molecule has 2 aromatic heterocycles. The van der Waals surface area contributed by atoms with Crippen LogP contribution in [0.15, 0.2) is 41.9 Å². The molecule has 0 saturated heterocycles. The molecule has 2 heterocycles. The number of benzene rings is 1. The first-order valence-electron chi connectivity index (χ1n) is 7.35. The van der Waals surface area contributed by atoms with Gasteiger partial charge in [-0.15, -0.1) is 11.3 Å². The second-order valence-electron chi connectivity index (χ2n) is 5.05. The van der Waals surface area contributed by atoms with Crippen molar-refractivity contribution in [2.45, 2.75) is 6.61 Å². The summed E-state index contributed by atoms with van der Waals surface area (Å²) in [6.45, 7) is 0.0372. The number of aromatic nitrogens is 2. The van der Waals surface area contributed by atoms with Crippen LogP contribution in [0.2, 0.25) is 5.15 Å². The fourth-order valence-electron chi connectivity index (χ4n) is 2.18. The topological polar surface area (TPSA) is 72.7 Å². The highest BCUT2D eigenvalue weighted by atomic mass is 35.5. The van der Waals surface area contributed by atoms with E-state index in [1.165, 1.54) is 17.4 Å². The summed E-state index contributed by atoms with van der Waals surface area (Å²) in [4.78, 5) is 28.3. The second-order valence-corrected chi connectivity index (χ2v) is 6.28. The molecule has 0 spiro atoms. The number of hydrogen-bond donors (Lipinski definition) is 1. The third-order valence-corrected chi connectivity index (χ3v) is 4.53. The van der Waals surface area contributed by atoms with E-state index in [2.05, 4.69) is 10.3 Å². The number of carbonyl (C=O) groups is 2. The van der Waals surface area contributed by atoms with E-state index in [-0.39, 0.29) is 12.5 Å². The molecule has 8 heteroatoms. The van der Waals surface area contributed by atoms with Crippen LogP contribution in [0, 0.1) is 0 Å². The lowest BCUT2D eigenvalue weighted by Gasteiger charge is -2.02. The van der Waals surface area contributed by atoms with Gasteiger partial charge in [0.1, 0.15) is 6.61 Å². The molecule has 1 amide bonds. The van der Waals surface area contributed by atoms with Crippen LogP contribution in [-0.2, 0) is 16.1 Å². The maximum absolute atomic E-state index is 11.9. The molecule has 3 rings (SSSR count). The molecule has 0 aliphatic carbocycles. The quantitative estimate of drug-likeness (QED) is 0.549. The number of carbonyl (C=O) groups excluding carboxylic acids is 2. The van der Waals surface area contributed by atoms with Crippen molar-refractivity contribution in [1.82, 2.24) is 14.7 Å². The molecule has 1 aromatic carbocycles. The molecule has 0 bridgehead atoms. The van der Waals surface area contributed by atoms with E-state index < -0.39 is 5.97 Å². The SMILES string of the molecule is CNC(=O)c1ccc(/C=C/C(=O)OCc2c(Cl)nc3sccn23)cc1. The number of imidazole rings is 1. The van der Waals surface area contributed by atoms with Crippen LogP contribution in [0.5, 0.6) is 0 Å². The molecule has 0 fully saturated rings. The molecule has 1 N–H and O–H groups in total. The zero-order chi connectivity index (χ0) is 17.8. The minimum Gasteiger partial charge on any atom is -0.456 e. The van der Waals surface area contributed by atoms with E-state index in [9.17, 15) is 9.59 Å². The zero-order valence-corrected chi connectivity index (χ0v) is 14.8. The van der Waals surface area contributed by atoms with Gasteiger partial charge in [-0.2, -0.15) is 0 Å². The lowest BCUT2D eigenvalue weighted by Crippen LogP contribution is -2.17. The minimum absolute atomic E-state index is 0.0372. The van der Waals surface area contributed by atoms with Crippen LogP contribution >= 0.6 is 22.9 Å². The molecular weight excluding hydrogens is 362 g/mol. The molecule has 128 valence electrons. The van der Waals surface area contributed by atoms with Gasteiger partial charge in [-0.25, -0.2) is 9.78 Å². The van der Waals surface area contributed by atoms with Gasteiger partial charge in [0.15, 0.2) is 10.1 Å². The van der Waals surface area contributed by atoms with Crippen molar-refractivity contribution in [1.29, 1.82) is 0 Å². The van der Waals surface area contributed by atoms with Crippen molar-refractivity contribution in [3.8, 4) is 0 Å². The van der Waals surface area contributed by atoms with Gasteiger partial charge in [-0.3, -0.25) is 9.20 Å².